The summed E-state index contributed by atoms with van der Waals surface area (Å²) in [5.74, 6) is 0. The van der Waals surface area contributed by atoms with Crippen LogP contribution in [0.15, 0.2) is 0 Å². The SMILES string of the molecule is OC1CCCCC(OCC2CO2)CCC1. The van der Waals surface area contributed by atoms with Crippen molar-refractivity contribution < 1.29 is 14.6 Å². The Morgan fingerprint density at radius 2 is 1.73 bits per heavy atom. The van der Waals surface area contributed by atoms with E-state index < -0.39 is 0 Å². The van der Waals surface area contributed by atoms with E-state index in [0.29, 0.717) is 12.2 Å². The second-order valence-corrected chi connectivity index (χ2v) is 4.78. The summed E-state index contributed by atoms with van der Waals surface area (Å²) >= 11 is 0. The van der Waals surface area contributed by atoms with Crippen LogP contribution in [0.2, 0.25) is 0 Å². The van der Waals surface area contributed by atoms with Gasteiger partial charge in [-0.15, -0.1) is 0 Å². The Morgan fingerprint density at radius 1 is 1.07 bits per heavy atom. The van der Waals surface area contributed by atoms with Crippen molar-refractivity contribution in [3.8, 4) is 0 Å². The zero-order chi connectivity index (χ0) is 10.5. The number of epoxide rings is 1. The molecule has 1 N–H and O–H groups in total. The number of aliphatic hydroxyl groups excluding tert-OH is 1. The zero-order valence-electron chi connectivity index (χ0n) is 9.36. The molecule has 3 nitrogen and oxygen atoms in total. The molecule has 2 aliphatic rings. The minimum absolute atomic E-state index is 0.0736. The second kappa shape index (κ2) is 5.83. The van der Waals surface area contributed by atoms with Crippen molar-refractivity contribution in [3.63, 3.8) is 0 Å². The molecule has 0 bridgehead atoms. The molecule has 2 rings (SSSR count). The van der Waals surface area contributed by atoms with E-state index in [4.69, 9.17) is 9.47 Å². The Balaban J connectivity index is 1.67. The van der Waals surface area contributed by atoms with Crippen LogP contribution < -0.4 is 0 Å². The van der Waals surface area contributed by atoms with Crippen LogP contribution >= 0.6 is 0 Å². The average molecular weight is 214 g/mol. The van der Waals surface area contributed by atoms with Crippen molar-refractivity contribution in [1.29, 1.82) is 0 Å². The van der Waals surface area contributed by atoms with Crippen molar-refractivity contribution in [1.82, 2.24) is 0 Å². The predicted molar refractivity (Wildman–Crippen MR) is 57.8 cm³/mol. The third-order valence-electron chi connectivity index (χ3n) is 3.30. The second-order valence-electron chi connectivity index (χ2n) is 4.78. The van der Waals surface area contributed by atoms with Gasteiger partial charge in [-0.2, -0.15) is 0 Å². The van der Waals surface area contributed by atoms with E-state index in [1.54, 1.807) is 0 Å². The molecule has 0 aromatic carbocycles. The summed E-state index contributed by atoms with van der Waals surface area (Å²) < 4.78 is 11.0. The minimum atomic E-state index is -0.0736. The fourth-order valence-corrected chi connectivity index (χ4v) is 2.20. The highest BCUT2D eigenvalue weighted by atomic mass is 16.6. The van der Waals surface area contributed by atoms with Gasteiger partial charge in [0.15, 0.2) is 0 Å². The molecule has 0 aromatic rings. The number of aliphatic hydroxyl groups is 1. The molecule has 3 unspecified atom stereocenters. The van der Waals surface area contributed by atoms with Crippen molar-refractivity contribution in [2.24, 2.45) is 0 Å². The summed E-state index contributed by atoms with van der Waals surface area (Å²) in [4.78, 5) is 0. The normalized spacial score (nSPS) is 37.8. The fraction of sp³-hybridized carbons (Fsp3) is 1.00. The van der Waals surface area contributed by atoms with E-state index >= 15 is 0 Å². The Hall–Kier alpha value is -0.120. The van der Waals surface area contributed by atoms with Crippen LogP contribution in [0.1, 0.15) is 44.9 Å². The summed E-state index contributed by atoms with van der Waals surface area (Å²) in [5.41, 5.74) is 0. The highest BCUT2D eigenvalue weighted by Gasteiger charge is 2.24. The van der Waals surface area contributed by atoms with E-state index in [1.165, 1.54) is 6.42 Å². The van der Waals surface area contributed by atoms with Crippen molar-refractivity contribution >= 4 is 0 Å². The molecule has 2 fully saturated rings. The summed E-state index contributed by atoms with van der Waals surface area (Å²) in [5, 5.41) is 9.59. The largest absolute Gasteiger partial charge is 0.393 e. The van der Waals surface area contributed by atoms with Crippen molar-refractivity contribution in [3.05, 3.63) is 0 Å². The van der Waals surface area contributed by atoms with E-state index in [1.807, 2.05) is 0 Å². The molecule has 1 saturated heterocycles. The smallest absolute Gasteiger partial charge is 0.104 e. The van der Waals surface area contributed by atoms with Crippen LogP contribution in [-0.4, -0.2) is 36.6 Å². The van der Waals surface area contributed by atoms with Gasteiger partial charge < -0.3 is 14.6 Å². The Kier molecular flexibility index (Phi) is 4.42. The first-order valence-electron chi connectivity index (χ1n) is 6.26. The number of ether oxygens (including phenoxy) is 2. The topological polar surface area (TPSA) is 42.0 Å². The van der Waals surface area contributed by atoms with Crippen molar-refractivity contribution in [2.75, 3.05) is 13.2 Å². The fourth-order valence-electron chi connectivity index (χ4n) is 2.20. The summed E-state index contributed by atoms with van der Waals surface area (Å²) in [6.45, 7) is 1.65. The van der Waals surface area contributed by atoms with E-state index in [9.17, 15) is 5.11 Å². The molecule has 3 atom stereocenters. The Bertz CT molecular complexity index is 180. The Morgan fingerprint density at radius 3 is 2.53 bits per heavy atom. The van der Waals surface area contributed by atoms with Gasteiger partial charge in [0.2, 0.25) is 0 Å². The van der Waals surface area contributed by atoms with Gasteiger partial charge >= 0.3 is 0 Å². The average Bonchev–Trinajstić information content (AvgIpc) is 3.02. The zero-order valence-corrected chi connectivity index (χ0v) is 9.36. The molecule has 3 heteroatoms. The number of hydrogen-bond acceptors (Lipinski definition) is 3. The van der Waals surface area contributed by atoms with Gasteiger partial charge in [0, 0.05) is 0 Å². The first-order chi connectivity index (χ1) is 7.34. The lowest BCUT2D eigenvalue weighted by molar-refractivity contribution is 0.0293. The maximum Gasteiger partial charge on any atom is 0.104 e. The molecule has 1 heterocycles. The summed E-state index contributed by atoms with van der Waals surface area (Å²) in [6, 6.07) is 0. The predicted octanol–water partition coefficient (Wildman–Crippen LogP) is 1.88. The molecule has 0 radical (unpaired) electrons. The van der Waals surface area contributed by atoms with Crippen LogP contribution in [0.3, 0.4) is 0 Å². The van der Waals surface area contributed by atoms with Gasteiger partial charge in [0.25, 0.3) is 0 Å². The lowest BCUT2D eigenvalue weighted by atomic mass is 10.1. The quantitative estimate of drug-likeness (QED) is 0.729. The first kappa shape index (κ1) is 11.4. The van der Waals surface area contributed by atoms with Crippen LogP contribution in [-0.2, 0) is 9.47 Å². The molecule has 0 amide bonds. The lowest BCUT2D eigenvalue weighted by Gasteiger charge is -2.16. The highest BCUT2D eigenvalue weighted by molar-refractivity contribution is 4.71. The third kappa shape index (κ3) is 4.49. The highest BCUT2D eigenvalue weighted by Crippen LogP contribution is 2.21. The van der Waals surface area contributed by atoms with Gasteiger partial charge in [0.1, 0.15) is 6.10 Å². The third-order valence-corrected chi connectivity index (χ3v) is 3.30. The van der Waals surface area contributed by atoms with Gasteiger partial charge in [0.05, 0.1) is 25.4 Å². The number of rotatable bonds is 3. The van der Waals surface area contributed by atoms with Crippen LogP contribution in [0.5, 0.6) is 0 Å². The lowest BCUT2D eigenvalue weighted by Crippen LogP contribution is -2.16. The van der Waals surface area contributed by atoms with Crippen LogP contribution in [0, 0.1) is 0 Å². The van der Waals surface area contributed by atoms with Gasteiger partial charge in [-0.25, -0.2) is 0 Å². The summed E-state index contributed by atoms with van der Waals surface area (Å²) in [6.07, 6.45) is 8.30. The van der Waals surface area contributed by atoms with Crippen LogP contribution in [0.25, 0.3) is 0 Å². The maximum atomic E-state index is 9.59. The molecule has 1 saturated carbocycles. The van der Waals surface area contributed by atoms with E-state index in [2.05, 4.69) is 0 Å². The molecule has 0 spiro atoms. The maximum absolute atomic E-state index is 9.59. The molecule has 88 valence electrons. The molecule has 1 aliphatic heterocycles. The van der Waals surface area contributed by atoms with Gasteiger partial charge in [-0.3, -0.25) is 0 Å². The number of hydrogen-bond donors (Lipinski definition) is 1. The standard InChI is InChI=1S/C12H22O3/c13-10-4-1-2-6-11(7-3-5-10)14-8-12-9-15-12/h10-13H,1-9H2. The molecular weight excluding hydrogens is 192 g/mol. The molecule has 1 aliphatic carbocycles. The summed E-state index contributed by atoms with van der Waals surface area (Å²) in [7, 11) is 0. The molecular formula is C12H22O3. The van der Waals surface area contributed by atoms with E-state index in [0.717, 1.165) is 51.7 Å². The van der Waals surface area contributed by atoms with Crippen molar-refractivity contribution in [2.45, 2.75) is 63.3 Å². The van der Waals surface area contributed by atoms with Crippen LogP contribution in [0.4, 0.5) is 0 Å². The molecule has 15 heavy (non-hydrogen) atoms. The van der Waals surface area contributed by atoms with Gasteiger partial charge in [-0.05, 0) is 32.1 Å². The van der Waals surface area contributed by atoms with E-state index in [-0.39, 0.29) is 6.10 Å². The minimum Gasteiger partial charge on any atom is -0.393 e. The van der Waals surface area contributed by atoms with Gasteiger partial charge in [-0.1, -0.05) is 12.8 Å². The monoisotopic (exact) mass is 214 g/mol. The molecule has 0 aromatic heterocycles. The first-order valence-corrected chi connectivity index (χ1v) is 6.26. The Labute approximate surface area is 91.8 Å².